The van der Waals surface area contributed by atoms with Crippen molar-refractivity contribution < 1.29 is 4.74 Å². The van der Waals surface area contributed by atoms with E-state index in [4.69, 9.17) is 10.5 Å². The molecular weight excluding hydrogens is 176 g/mol. The minimum atomic E-state index is 0.396. The van der Waals surface area contributed by atoms with Gasteiger partial charge in [0.05, 0.1) is 13.2 Å². The van der Waals surface area contributed by atoms with Crippen molar-refractivity contribution in [2.75, 3.05) is 39.4 Å². The Morgan fingerprint density at radius 1 is 1.21 bits per heavy atom. The largest absolute Gasteiger partial charge is 0.379 e. The Morgan fingerprint density at radius 3 is 2.43 bits per heavy atom. The summed E-state index contributed by atoms with van der Waals surface area (Å²) in [6, 6.07) is 0. The van der Waals surface area contributed by atoms with Crippen molar-refractivity contribution in [3.05, 3.63) is 0 Å². The number of nitrogens with two attached hydrogens (primary N) is 1. The van der Waals surface area contributed by atoms with Crippen LogP contribution < -0.4 is 5.73 Å². The average Bonchev–Trinajstić information content (AvgIpc) is 2.17. The van der Waals surface area contributed by atoms with Crippen LogP contribution in [0.3, 0.4) is 0 Å². The van der Waals surface area contributed by atoms with Gasteiger partial charge < -0.3 is 10.5 Å². The first-order valence-electron chi connectivity index (χ1n) is 5.64. The fraction of sp³-hybridized carbons (Fsp3) is 1.00. The molecular formula is C11H24N2O. The van der Waals surface area contributed by atoms with E-state index in [1.165, 1.54) is 13.0 Å². The molecule has 0 aliphatic carbocycles. The molecule has 0 aromatic carbocycles. The molecule has 0 saturated carbocycles. The fourth-order valence-corrected chi connectivity index (χ4v) is 1.80. The number of morpholine rings is 1. The van der Waals surface area contributed by atoms with Crippen molar-refractivity contribution in [2.24, 2.45) is 11.1 Å². The summed E-state index contributed by atoms with van der Waals surface area (Å²) in [4.78, 5) is 2.49. The predicted molar refractivity (Wildman–Crippen MR) is 59.3 cm³/mol. The zero-order valence-corrected chi connectivity index (χ0v) is 9.59. The second-order valence-electron chi connectivity index (χ2n) is 4.91. The lowest BCUT2D eigenvalue weighted by atomic mass is 9.85. The van der Waals surface area contributed by atoms with Crippen molar-refractivity contribution in [1.29, 1.82) is 0 Å². The van der Waals surface area contributed by atoms with Gasteiger partial charge in [0.15, 0.2) is 0 Å². The van der Waals surface area contributed by atoms with Crippen molar-refractivity contribution in [3.63, 3.8) is 0 Å². The average molecular weight is 200 g/mol. The van der Waals surface area contributed by atoms with Crippen molar-refractivity contribution in [2.45, 2.75) is 26.7 Å². The number of rotatable bonds is 5. The molecule has 0 atom stereocenters. The summed E-state index contributed by atoms with van der Waals surface area (Å²) < 4.78 is 5.32. The summed E-state index contributed by atoms with van der Waals surface area (Å²) in [5.74, 6) is 0. The van der Waals surface area contributed by atoms with E-state index in [0.29, 0.717) is 5.41 Å². The standard InChI is InChI=1S/C11H24N2O/c1-11(2,3-5-12)4-6-13-7-9-14-10-8-13/h3-10,12H2,1-2H3. The van der Waals surface area contributed by atoms with Gasteiger partial charge in [0.1, 0.15) is 0 Å². The first kappa shape index (κ1) is 12.0. The molecule has 1 saturated heterocycles. The molecule has 0 unspecified atom stereocenters. The van der Waals surface area contributed by atoms with Crippen molar-refractivity contribution in [1.82, 2.24) is 4.90 Å². The molecule has 1 aliphatic rings. The van der Waals surface area contributed by atoms with E-state index in [9.17, 15) is 0 Å². The second kappa shape index (κ2) is 5.69. The Morgan fingerprint density at radius 2 is 1.86 bits per heavy atom. The van der Waals surface area contributed by atoms with Gasteiger partial charge in [-0.25, -0.2) is 0 Å². The summed E-state index contributed by atoms with van der Waals surface area (Å²) in [7, 11) is 0. The highest BCUT2D eigenvalue weighted by molar-refractivity contribution is 4.72. The summed E-state index contributed by atoms with van der Waals surface area (Å²) >= 11 is 0. The van der Waals surface area contributed by atoms with Gasteiger partial charge in [-0.3, -0.25) is 4.90 Å². The molecule has 1 aliphatic heterocycles. The number of hydrogen-bond acceptors (Lipinski definition) is 3. The summed E-state index contributed by atoms with van der Waals surface area (Å²) in [5, 5.41) is 0. The molecule has 3 nitrogen and oxygen atoms in total. The van der Waals surface area contributed by atoms with Gasteiger partial charge in [-0.15, -0.1) is 0 Å². The Labute approximate surface area is 87.6 Å². The zero-order valence-electron chi connectivity index (χ0n) is 9.59. The lowest BCUT2D eigenvalue weighted by molar-refractivity contribution is 0.0323. The normalized spacial score (nSPS) is 19.9. The van der Waals surface area contributed by atoms with Crippen LogP contribution in [0, 0.1) is 5.41 Å². The molecule has 0 aromatic heterocycles. The van der Waals surface area contributed by atoms with E-state index in [2.05, 4.69) is 18.7 Å². The quantitative estimate of drug-likeness (QED) is 0.722. The van der Waals surface area contributed by atoms with E-state index >= 15 is 0 Å². The SMILES string of the molecule is CC(C)(CCN)CCN1CCOCC1. The minimum absolute atomic E-state index is 0.396. The Hall–Kier alpha value is -0.120. The number of ether oxygens (including phenoxy) is 1. The molecule has 0 radical (unpaired) electrons. The zero-order chi connectivity index (χ0) is 10.4. The van der Waals surface area contributed by atoms with E-state index < -0.39 is 0 Å². The lowest BCUT2D eigenvalue weighted by Crippen LogP contribution is -2.38. The third-order valence-electron chi connectivity index (χ3n) is 3.03. The van der Waals surface area contributed by atoms with Gasteiger partial charge >= 0.3 is 0 Å². The lowest BCUT2D eigenvalue weighted by Gasteiger charge is -2.31. The molecule has 1 heterocycles. The molecule has 3 heteroatoms. The Balaban J connectivity index is 2.17. The van der Waals surface area contributed by atoms with Crippen LogP contribution in [-0.2, 0) is 4.74 Å². The van der Waals surface area contributed by atoms with Crippen LogP contribution in [0.4, 0.5) is 0 Å². The summed E-state index contributed by atoms with van der Waals surface area (Å²) in [5.41, 5.74) is 5.99. The highest BCUT2D eigenvalue weighted by Gasteiger charge is 2.19. The van der Waals surface area contributed by atoms with E-state index in [-0.39, 0.29) is 0 Å². The highest BCUT2D eigenvalue weighted by Crippen LogP contribution is 2.24. The topological polar surface area (TPSA) is 38.5 Å². The minimum Gasteiger partial charge on any atom is -0.379 e. The van der Waals surface area contributed by atoms with E-state index in [1.807, 2.05) is 0 Å². The summed E-state index contributed by atoms with van der Waals surface area (Å²) in [6.07, 6.45) is 2.36. The first-order chi connectivity index (χ1) is 6.64. The molecule has 0 bridgehead atoms. The van der Waals surface area contributed by atoms with Gasteiger partial charge in [-0.1, -0.05) is 13.8 Å². The van der Waals surface area contributed by atoms with Crippen LogP contribution in [0.1, 0.15) is 26.7 Å². The highest BCUT2D eigenvalue weighted by atomic mass is 16.5. The Kier molecular flexibility index (Phi) is 4.85. The van der Waals surface area contributed by atoms with Gasteiger partial charge in [-0.2, -0.15) is 0 Å². The monoisotopic (exact) mass is 200 g/mol. The molecule has 14 heavy (non-hydrogen) atoms. The molecule has 2 N–H and O–H groups in total. The van der Waals surface area contributed by atoms with Crippen LogP contribution in [0.2, 0.25) is 0 Å². The van der Waals surface area contributed by atoms with Crippen molar-refractivity contribution >= 4 is 0 Å². The maximum absolute atomic E-state index is 5.59. The van der Waals surface area contributed by atoms with Gasteiger partial charge in [0, 0.05) is 13.1 Å². The fourth-order valence-electron chi connectivity index (χ4n) is 1.80. The van der Waals surface area contributed by atoms with E-state index in [0.717, 1.165) is 39.3 Å². The molecule has 0 spiro atoms. The Bertz CT molecular complexity index is 153. The number of nitrogens with zero attached hydrogens (tertiary/aromatic N) is 1. The predicted octanol–water partition coefficient (Wildman–Crippen LogP) is 1.08. The van der Waals surface area contributed by atoms with Crippen LogP contribution in [-0.4, -0.2) is 44.3 Å². The molecule has 0 amide bonds. The van der Waals surface area contributed by atoms with E-state index in [1.54, 1.807) is 0 Å². The van der Waals surface area contributed by atoms with Crippen LogP contribution in [0.25, 0.3) is 0 Å². The smallest absolute Gasteiger partial charge is 0.0594 e. The second-order valence-corrected chi connectivity index (χ2v) is 4.91. The third-order valence-corrected chi connectivity index (χ3v) is 3.03. The van der Waals surface area contributed by atoms with Gasteiger partial charge in [-0.05, 0) is 31.3 Å². The van der Waals surface area contributed by atoms with Crippen LogP contribution >= 0.6 is 0 Å². The summed E-state index contributed by atoms with van der Waals surface area (Å²) in [6.45, 7) is 10.6. The molecule has 1 rings (SSSR count). The van der Waals surface area contributed by atoms with Crippen LogP contribution in [0.15, 0.2) is 0 Å². The van der Waals surface area contributed by atoms with Crippen molar-refractivity contribution in [3.8, 4) is 0 Å². The molecule has 0 aromatic rings. The van der Waals surface area contributed by atoms with Crippen LogP contribution in [0.5, 0.6) is 0 Å². The first-order valence-corrected chi connectivity index (χ1v) is 5.64. The molecule has 1 fully saturated rings. The van der Waals surface area contributed by atoms with Gasteiger partial charge in [0.25, 0.3) is 0 Å². The maximum atomic E-state index is 5.59. The number of hydrogen-bond donors (Lipinski definition) is 1. The maximum Gasteiger partial charge on any atom is 0.0594 e. The molecule has 84 valence electrons. The van der Waals surface area contributed by atoms with Gasteiger partial charge in [0.2, 0.25) is 0 Å². The third kappa shape index (κ3) is 4.40.